The van der Waals surface area contributed by atoms with Crippen LogP contribution < -0.4 is 10.1 Å². The Balaban J connectivity index is 1.33. The highest BCUT2D eigenvalue weighted by molar-refractivity contribution is 6.07. The Morgan fingerprint density at radius 1 is 1.17 bits per heavy atom. The van der Waals surface area contributed by atoms with Gasteiger partial charge in [0.25, 0.3) is 23.4 Å². The molecule has 1 saturated heterocycles. The molecule has 4 atom stereocenters. The number of anilines is 1. The number of rotatable bonds is 7. The van der Waals surface area contributed by atoms with Gasteiger partial charge < -0.3 is 10.1 Å². The van der Waals surface area contributed by atoms with Gasteiger partial charge in [0.05, 0.1) is 28.7 Å². The van der Waals surface area contributed by atoms with Gasteiger partial charge in [-0.15, -0.1) is 0 Å². The maximum atomic E-state index is 13.7. The molecule has 1 N–H and O–H groups in total. The van der Waals surface area contributed by atoms with Crippen LogP contribution in [-0.2, 0) is 14.4 Å². The molecule has 5 rings (SSSR count). The van der Waals surface area contributed by atoms with Crippen molar-refractivity contribution in [1.82, 2.24) is 5.01 Å². The molecule has 2 aromatic carbocycles. The van der Waals surface area contributed by atoms with Gasteiger partial charge in [0.15, 0.2) is 6.61 Å². The summed E-state index contributed by atoms with van der Waals surface area (Å²) in [4.78, 5) is 48.5. The molecule has 10 nitrogen and oxygen atoms in total. The summed E-state index contributed by atoms with van der Waals surface area (Å²) in [6.07, 6.45) is 5.83. The van der Waals surface area contributed by atoms with Crippen LogP contribution in [-0.4, -0.2) is 40.5 Å². The Morgan fingerprint density at radius 3 is 2.51 bits per heavy atom. The fraction of sp³-hybridized carbons (Fsp3) is 0.250. The number of allylic oxidation sites excluding steroid dienone is 2. The third-order valence-corrected chi connectivity index (χ3v) is 6.47. The maximum Gasteiger partial charge on any atom is 0.270 e. The molecule has 0 aromatic heterocycles. The Morgan fingerprint density at radius 2 is 1.86 bits per heavy atom. The fourth-order valence-electron chi connectivity index (χ4n) is 4.89. The molecule has 2 aromatic rings. The highest BCUT2D eigenvalue weighted by Crippen LogP contribution is 2.52. The zero-order valence-corrected chi connectivity index (χ0v) is 18.2. The smallest absolute Gasteiger partial charge is 0.270 e. The number of nitro groups is 1. The van der Waals surface area contributed by atoms with Crippen LogP contribution in [0.15, 0.2) is 59.7 Å². The first-order valence-electron chi connectivity index (χ1n) is 10.9. The van der Waals surface area contributed by atoms with Crippen molar-refractivity contribution in [2.75, 3.05) is 11.9 Å². The Hall–Kier alpha value is -4.41. The second-order valence-electron chi connectivity index (χ2n) is 8.53. The molecule has 0 unspecified atom stereocenters. The molecule has 1 heterocycles. The van der Waals surface area contributed by atoms with Gasteiger partial charge in [-0.3, -0.25) is 24.5 Å². The number of nitro benzene ring substituents is 1. The number of hydrazone groups is 1. The highest BCUT2D eigenvalue weighted by atomic mass is 19.1. The summed E-state index contributed by atoms with van der Waals surface area (Å²) < 4.78 is 19.2. The Labute approximate surface area is 198 Å². The van der Waals surface area contributed by atoms with E-state index in [1.807, 2.05) is 12.2 Å². The summed E-state index contributed by atoms with van der Waals surface area (Å²) in [7, 11) is 0. The van der Waals surface area contributed by atoms with Gasteiger partial charge in [0, 0.05) is 17.7 Å². The number of fused-ring (bicyclic) bond motifs is 5. The lowest BCUT2D eigenvalue weighted by atomic mass is 9.85. The van der Waals surface area contributed by atoms with E-state index in [1.54, 1.807) is 6.07 Å². The Bertz CT molecular complexity index is 1280. The number of benzene rings is 2. The molecule has 2 fully saturated rings. The molecule has 11 heteroatoms. The van der Waals surface area contributed by atoms with E-state index in [1.165, 1.54) is 30.3 Å². The second kappa shape index (κ2) is 8.75. The Kier molecular flexibility index (Phi) is 5.59. The maximum absolute atomic E-state index is 13.7. The number of non-ortho nitro benzene ring substituents is 1. The topological polar surface area (TPSA) is 131 Å². The van der Waals surface area contributed by atoms with Crippen molar-refractivity contribution in [3.63, 3.8) is 0 Å². The van der Waals surface area contributed by atoms with Crippen LogP contribution in [0.3, 0.4) is 0 Å². The number of hydrogen-bond donors (Lipinski definition) is 1. The van der Waals surface area contributed by atoms with Crippen molar-refractivity contribution >= 4 is 35.3 Å². The molecule has 178 valence electrons. The van der Waals surface area contributed by atoms with Crippen LogP contribution in [0.25, 0.3) is 0 Å². The molecule has 2 aliphatic carbocycles. The lowest BCUT2D eigenvalue weighted by molar-refractivity contribution is -0.384. The summed E-state index contributed by atoms with van der Waals surface area (Å²) in [5.41, 5.74) is -0.198. The zero-order chi connectivity index (χ0) is 24.7. The van der Waals surface area contributed by atoms with Gasteiger partial charge in [-0.1, -0.05) is 24.3 Å². The monoisotopic (exact) mass is 478 g/mol. The van der Waals surface area contributed by atoms with Crippen LogP contribution in [0.2, 0.25) is 0 Å². The molecular weight excluding hydrogens is 459 g/mol. The van der Waals surface area contributed by atoms with E-state index in [0.29, 0.717) is 0 Å². The summed E-state index contributed by atoms with van der Waals surface area (Å²) in [5.74, 6) is -2.83. The van der Waals surface area contributed by atoms with Crippen molar-refractivity contribution in [3.8, 4) is 5.75 Å². The first-order valence-corrected chi connectivity index (χ1v) is 10.9. The first-order chi connectivity index (χ1) is 16.8. The lowest BCUT2D eigenvalue weighted by Crippen LogP contribution is -2.28. The van der Waals surface area contributed by atoms with E-state index in [2.05, 4.69) is 10.4 Å². The molecule has 1 saturated carbocycles. The van der Waals surface area contributed by atoms with Crippen LogP contribution in [0.1, 0.15) is 12.0 Å². The summed E-state index contributed by atoms with van der Waals surface area (Å²) in [6.45, 7) is -0.520. The predicted molar refractivity (Wildman–Crippen MR) is 121 cm³/mol. The van der Waals surface area contributed by atoms with Crippen LogP contribution in [0.5, 0.6) is 5.75 Å². The van der Waals surface area contributed by atoms with Gasteiger partial charge in [0.1, 0.15) is 11.6 Å². The number of ether oxygens (including phenoxy) is 1. The number of amides is 3. The number of carbonyl (C=O) groups is 3. The number of imide groups is 1. The normalized spacial score (nSPS) is 24.3. The van der Waals surface area contributed by atoms with E-state index >= 15 is 0 Å². The summed E-state index contributed by atoms with van der Waals surface area (Å²) >= 11 is 0. The summed E-state index contributed by atoms with van der Waals surface area (Å²) in [6, 6.07) is 9.24. The molecule has 2 bridgehead atoms. The quantitative estimate of drug-likeness (QED) is 0.214. The van der Waals surface area contributed by atoms with Gasteiger partial charge in [-0.2, -0.15) is 10.1 Å². The second-order valence-corrected chi connectivity index (χ2v) is 8.53. The third kappa shape index (κ3) is 4.05. The van der Waals surface area contributed by atoms with Gasteiger partial charge in [0.2, 0.25) is 0 Å². The average Bonchev–Trinajstić information content (AvgIpc) is 3.52. The van der Waals surface area contributed by atoms with Gasteiger partial charge in [-0.25, -0.2) is 4.39 Å². The minimum Gasteiger partial charge on any atom is -0.483 e. The summed E-state index contributed by atoms with van der Waals surface area (Å²) in [5, 5.41) is 18.5. The van der Waals surface area contributed by atoms with Crippen molar-refractivity contribution in [2.45, 2.75) is 6.42 Å². The van der Waals surface area contributed by atoms with Crippen molar-refractivity contribution in [2.24, 2.45) is 28.8 Å². The number of nitrogens with zero attached hydrogens (tertiary/aromatic N) is 3. The number of nitrogens with one attached hydrogen (secondary N) is 1. The van der Waals surface area contributed by atoms with Crippen LogP contribution in [0.4, 0.5) is 15.8 Å². The van der Waals surface area contributed by atoms with Gasteiger partial charge in [-0.05, 0) is 36.5 Å². The zero-order valence-electron chi connectivity index (χ0n) is 18.2. The number of para-hydroxylation sites is 1. The number of carbonyl (C=O) groups excluding carboxylic acids is 3. The minimum absolute atomic E-state index is 0.0197. The molecule has 1 aliphatic heterocycles. The predicted octanol–water partition coefficient (Wildman–Crippen LogP) is 2.89. The highest BCUT2D eigenvalue weighted by Gasteiger charge is 2.59. The number of halogens is 1. The lowest BCUT2D eigenvalue weighted by Gasteiger charge is -2.13. The largest absolute Gasteiger partial charge is 0.483 e. The molecule has 3 amide bonds. The van der Waals surface area contributed by atoms with Gasteiger partial charge >= 0.3 is 0 Å². The van der Waals surface area contributed by atoms with E-state index in [-0.39, 0.29) is 34.5 Å². The minimum atomic E-state index is -0.656. The number of hydrogen-bond acceptors (Lipinski definition) is 7. The van der Waals surface area contributed by atoms with Crippen molar-refractivity contribution in [3.05, 3.63) is 76.1 Å². The average molecular weight is 478 g/mol. The van der Waals surface area contributed by atoms with E-state index < -0.39 is 46.9 Å². The van der Waals surface area contributed by atoms with Crippen LogP contribution in [0, 0.1) is 39.6 Å². The fourth-order valence-corrected chi connectivity index (χ4v) is 4.89. The molecule has 0 radical (unpaired) electrons. The third-order valence-electron chi connectivity index (χ3n) is 6.47. The van der Waals surface area contributed by atoms with Crippen LogP contribution >= 0.6 is 0 Å². The first kappa shape index (κ1) is 22.4. The van der Waals surface area contributed by atoms with E-state index in [0.717, 1.165) is 23.7 Å². The standard InChI is InChI=1S/C24H19FN4O6/c25-17-3-1-2-4-18(17)27-20(30)12-35-19-8-7-16(29(33)34)10-15(19)11-26-28-23(31)21-13-5-6-14(9-13)22(21)24(28)32/h1-8,10-11,13-14,21-22H,9,12H2,(H,27,30)/t13-,14-,21-,22+/m0/s1. The molecule has 3 aliphatic rings. The molecule has 35 heavy (non-hydrogen) atoms. The molecule has 0 spiro atoms. The SMILES string of the molecule is O=C(COc1ccc([N+](=O)[O-])cc1C=NN1C(=O)[C@@H]2[C@H](C1=O)[C@H]1C=C[C@H]2C1)Nc1ccccc1F. The van der Waals surface area contributed by atoms with E-state index in [4.69, 9.17) is 4.74 Å². The molecular formula is C24H19FN4O6. The van der Waals surface area contributed by atoms with Crippen molar-refractivity contribution in [1.29, 1.82) is 0 Å². The van der Waals surface area contributed by atoms with Crippen molar-refractivity contribution < 1.29 is 28.4 Å². The van der Waals surface area contributed by atoms with E-state index in [9.17, 15) is 28.9 Å².